The number of thiophene rings is 1. The Morgan fingerprint density at radius 3 is 2.70 bits per heavy atom. The van der Waals surface area contributed by atoms with Crippen LogP contribution >= 0.6 is 23.1 Å². The molecule has 33 heavy (non-hydrogen) atoms. The molecule has 0 aliphatic carbocycles. The first-order valence-corrected chi connectivity index (χ1v) is 12.5. The van der Waals surface area contributed by atoms with E-state index in [1.807, 2.05) is 34.7 Å². The van der Waals surface area contributed by atoms with Gasteiger partial charge in [0, 0.05) is 11.3 Å². The van der Waals surface area contributed by atoms with Crippen molar-refractivity contribution in [1.29, 1.82) is 0 Å². The highest BCUT2D eigenvalue weighted by Gasteiger charge is 2.30. The number of hydrogen-bond donors (Lipinski definition) is 0. The second kappa shape index (κ2) is 8.58. The summed E-state index contributed by atoms with van der Waals surface area (Å²) in [6.07, 6.45) is 0.746. The van der Waals surface area contributed by atoms with Crippen LogP contribution in [0.15, 0.2) is 40.3 Å². The minimum absolute atomic E-state index is 0.0599. The van der Waals surface area contributed by atoms with Crippen molar-refractivity contribution in [3.05, 3.63) is 51.1 Å². The Morgan fingerprint density at radius 2 is 2.00 bits per heavy atom. The maximum atomic E-state index is 13.9. The average Bonchev–Trinajstić information content (AvgIpc) is 3.40. The maximum Gasteiger partial charge on any atom is 0.318 e. The zero-order chi connectivity index (χ0) is 23.3. The molecule has 0 amide bonds. The van der Waals surface area contributed by atoms with Crippen LogP contribution in [-0.4, -0.2) is 43.6 Å². The second-order valence-electron chi connectivity index (χ2n) is 8.36. The summed E-state index contributed by atoms with van der Waals surface area (Å²) < 4.78 is 14.5. The first-order chi connectivity index (χ1) is 15.9. The van der Waals surface area contributed by atoms with Gasteiger partial charge < -0.3 is 9.47 Å². The Labute approximate surface area is 198 Å². The number of carbonyl (C=O) groups excluding carboxylic acids is 1. The molecule has 0 spiro atoms. The Balaban J connectivity index is 1.81. The van der Waals surface area contributed by atoms with Crippen LogP contribution in [0.25, 0.3) is 21.7 Å². The average molecular weight is 485 g/mol. The summed E-state index contributed by atoms with van der Waals surface area (Å²) in [6, 6.07) is 9.44. The van der Waals surface area contributed by atoms with Gasteiger partial charge in [-0.25, -0.2) is 8.97 Å². The molecule has 4 aromatic rings. The molecule has 0 unspecified atom stereocenters. The third-order valence-corrected chi connectivity index (χ3v) is 8.13. The monoisotopic (exact) mass is 484 g/mol. The van der Waals surface area contributed by atoms with Gasteiger partial charge in [-0.05, 0) is 30.5 Å². The molecule has 0 fully saturated rings. The number of esters is 1. The Bertz CT molecular complexity index is 1410. The molecule has 1 aliphatic rings. The molecule has 2 atom stereocenters. The lowest BCUT2D eigenvalue weighted by atomic mass is 9.96. The molecule has 0 N–H and O–H groups in total. The molecule has 1 aromatic carbocycles. The lowest BCUT2D eigenvalue weighted by Crippen LogP contribution is -2.28. The van der Waals surface area contributed by atoms with Crippen LogP contribution in [0.2, 0.25) is 0 Å². The molecule has 0 saturated carbocycles. The first-order valence-electron chi connectivity index (χ1n) is 10.8. The number of thioether (sulfide) groups is 1. The van der Waals surface area contributed by atoms with Crippen LogP contribution in [0.5, 0.6) is 0 Å². The van der Waals surface area contributed by atoms with Crippen molar-refractivity contribution in [1.82, 2.24) is 19.2 Å². The van der Waals surface area contributed by atoms with Gasteiger partial charge in [-0.2, -0.15) is 0 Å². The topological polar surface area (TPSA) is 87.7 Å². The highest BCUT2D eigenvalue weighted by atomic mass is 32.2. The van der Waals surface area contributed by atoms with E-state index in [1.165, 1.54) is 30.2 Å². The lowest BCUT2D eigenvalue weighted by molar-refractivity contribution is -0.139. The maximum absolute atomic E-state index is 13.9. The van der Waals surface area contributed by atoms with E-state index >= 15 is 0 Å². The standard InChI is InChI=1S/C23H24N4O4S2/c1-12(2)16-10-15-17(11-31-16)33-20-18(15)19(28)26(14-8-6-5-7-9-14)22-24-25-23(27(20)22)32-13(3)21(29)30-4/h5-9,12-13,16H,10-11H2,1-4H3/t13-,16-/m0/s1. The van der Waals surface area contributed by atoms with E-state index in [-0.39, 0.29) is 17.6 Å². The molecule has 10 heteroatoms. The lowest BCUT2D eigenvalue weighted by Gasteiger charge is -2.26. The number of aromatic nitrogens is 4. The van der Waals surface area contributed by atoms with E-state index in [1.54, 1.807) is 11.5 Å². The van der Waals surface area contributed by atoms with E-state index < -0.39 is 5.25 Å². The quantitative estimate of drug-likeness (QED) is 0.314. The van der Waals surface area contributed by atoms with Gasteiger partial charge in [0.25, 0.3) is 5.56 Å². The van der Waals surface area contributed by atoms with Crippen molar-refractivity contribution >= 4 is 45.1 Å². The number of nitrogens with zero attached hydrogens (tertiary/aromatic N) is 4. The molecular weight excluding hydrogens is 460 g/mol. The number of hydrogen-bond acceptors (Lipinski definition) is 8. The van der Waals surface area contributed by atoms with Gasteiger partial charge in [-0.3, -0.25) is 9.59 Å². The van der Waals surface area contributed by atoms with E-state index in [0.717, 1.165) is 15.3 Å². The molecule has 8 nitrogen and oxygen atoms in total. The van der Waals surface area contributed by atoms with Crippen molar-refractivity contribution in [2.24, 2.45) is 5.92 Å². The van der Waals surface area contributed by atoms with Gasteiger partial charge in [0.1, 0.15) is 10.1 Å². The molecule has 3 aromatic heterocycles. The minimum Gasteiger partial charge on any atom is -0.468 e. The molecule has 1 aliphatic heterocycles. The van der Waals surface area contributed by atoms with Crippen LogP contribution in [0.3, 0.4) is 0 Å². The summed E-state index contributed by atoms with van der Waals surface area (Å²) in [6.45, 7) is 6.51. The normalized spacial score (nSPS) is 16.9. The van der Waals surface area contributed by atoms with Gasteiger partial charge in [-0.15, -0.1) is 21.5 Å². The number of fused-ring (bicyclic) bond motifs is 5. The summed E-state index contributed by atoms with van der Waals surface area (Å²) in [5, 5.41) is 9.47. The summed E-state index contributed by atoms with van der Waals surface area (Å²) in [5.74, 6) is 0.413. The third-order valence-electron chi connectivity index (χ3n) is 5.92. The Kier molecular flexibility index (Phi) is 5.75. The molecule has 0 radical (unpaired) electrons. The predicted molar refractivity (Wildman–Crippen MR) is 128 cm³/mol. The number of benzene rings is 1. The molecule has 0 bridgehead atoms. The summed E-state index contributed by atoms with van der Waals surface area (Å²) in [5.41, 5.74) is 1.64. The number of rotatable bonds is 5. The van der Waals surface area contributed by atoms with Crippen molar-refractivity contribution in [2.75, 3.05) is 7.11 Å². The summed E-state index contributed by atoms with van der Waals surface area (Å²) in [7, 11) is 1.37. The Morgan fingerprint density at radius 1 is 1.24 bits per heavy atom. The molecular formula is C23H24N4O4S2. The number of para-hydroxylation sites is 1. The minimum atomic E-state index is -0.474. The highest BCUT2D eigenvalue weighted by Crippen LogP contribution is 2.38. The molecule has 0 saturated heterocycles. The molecule has 4 heterocycles. The fraction of sp³-hybridized carbons (Fsp3) is 0.391. The predicted octanol–water partition coefficient (Wildman–Crippen LogP) is 3.85. The van der Waals surface area contributed by atoms with Crippen LogP contribution in [0.1, 0.15) is 31.2 Å². The van der Waals surface area contributed by atoms with E-state index in [9.17, 15) is 9.59 Å². The molecule has 5 rings (SSSR count). The summed E-state index contributed by atoms with van der Waals surface area (Å²) in [4.78, 5) is 27.8. The van der Waals surface area contributed by atoms with Crippen molar-refractivity contribution < 1.29 is 14.3 Å². The van der Waals surface area contributed by atoms with Gasteiger partial charge in [0.15, 0.2) is 5.16 Å². The van der Waals surface area contributed by atoms with E-state index in [0.29, 0.717) is 41.0 Å². The number of carbonyl (C=O) groups is 1. The van der Waals surface area contributed by atoms with Crippen molar-refractivity contribution in [2.45, 2.75) is 50.3 Å². The highest BCUT2D eigenvalue weighted by molar-refractivity contribution is 8.00. The number of methoxy groups -OCH3 is 1. The zero-order valence-electron chi connectivity index (χ0n) is 18.8. The van der Waals surface area contributed by atoms with Crippen LogP contribution in [-0.2, 0) is 27.3 Å². The third kappa shape index (κ3) is 3.66. The number of ether oxygens (including phenoxy) is 2. The van der Waals surface area contributed by atoms with Gasteiger partial charge in [0.05, 0.1) is 30.9 Å². The van der Waals surface area contributed by atoms with Crippen LogP contribution < -0.4 is 5.56 Å². The smallest absolute Gasteiger partial charge is 0.318 e. The summed E-state index contributed by atoms with van der Waals surface area (Å²) >= 11 is 2.80. The molecule has 172 valence electrons. The largest absolute Gasteiger partial charge is 0.468 e. The van der Waals surface area contributed by atoms with Crippen molar-refractivity contribution in [3.63, 3.8) is 0 Å². The van der Waals surface area contributed by atoms with Crippen LogP contribution in [0, 0.1) is 5.92 Å². The Hall–Kier alpha value is -2.69. The first kappa shape index (κ1) is 22.1. The van der Waals surface area contributed by atoms with Gasteiger partial charge >= 0.3 is 5.97 Å². The van der Waals surface area contributed by atoms with Crippen LogP contribution in [0.4, 0.5) is 0 Å². The zero-order valence-corrected chi connectivity index (χ0v) is 20.4. The van der Waals surface area contributed by atoms with E-state index in [4.69, 9.17) is 9.47 Å². The van der Waals surface area contributed by atoms with Gasteiger partial charge in [0.2, 0.25) is 5.78 Å². The second-order valence-corrected chi connectivity index (χ2v) is 10.8. The van der Waals surface area contributed by atoms with E-state index in [2.05, 4.69) is 24.0 Å². The SMILES string of the molecule is COC(=O)[C@H](C)Sc1nnc2n(-c3ccccc3)c(=O)c3c4c(sc3n12)CO[C@H](C(C)C)C4. The van der Waals surface area contributed by atoms with Gasteiger partial charge in [-0.1, -0.05) is 43.8 Å². The van der Waals surface area contributed by atoms with Crippen molar-refractivity contribution in [3.8, 4) is 5.69 Å². The fourth-order valence-electron chi connectivity index (χ4n) is 4.13. The fourth-order valence-corrected chi connectivity index (χ4v) is 6.30.